The number of carbonyl (C=O) groups excluding carboxylic acids is 3. The molecule has 156 valence electrons. The third kappa shape index (κ3) is 5.29. The summed E-state index contributed by atoms with van der Waals surface area (Å²) in [6, 6.07) is 18.7. The fraction of sp³-hybridized carbons (Fsp3) is 0.125. The van der Waals surface area contributed by atoms with E-state index in [1.165, 1.54) is 11.0 Å². The molecule has 5 nitrogen and oxygen atoms in total. The molecule has 2 aromatic carbocycles. The summed E-state index contributed by atoms with van der Waals surface area (Å²) in [5.74, 6) is -0.514. The molecule has 1 aliphatic heterocycles. The number of amides is 3. The van der Waals surface area contributed by atoms with Gasteiger partial charge in [-0.15, -0.1) is 11.3 Å². The van der Waals surface area contributed by atoms with Gasteiger partial charge in [-0.05, 0) is 53.6 Å². The highest BCUT2D eigenvalue weighted by molar-refractivity contribution is 7.16. The number of benzene rings is 2. The number of carbonyl (C=O) groups is 3. The molecule has 0 unspecified atom stereocenters. The highest BCUT2D eigenvalue weighted by atomic mass is 35.5. The molecule has 2 heterocycles. The van der Waals surface area contributed by atoms with Crippen molar-refractivity contribution in [1.29, 1.82) is 0 Å². The zero-order valence-electron chi connectivity index (χ0n) is 16.5. The smallest absolute Gasteiger partial charge is 0.248 e. The van der Waals surface area contributed by atoms with E-state index in [4.69, 9.17) is 11.6 Å². The van der Waals surface area contributed by atoms with Crippen LogP contribution in [-0.4, -0.2) is 22.6 Å². The summed E-state index contributed by atoms with van der Waals surface area (Å²) in [5.41, 5.74) is 2.56. The summed E-state index contributed by atoms with van der Waals surface area (Å²) in [4.78, 5) is 39.0. The number of halogens is 1. The third-order valence-electron chi connectivity index (χ3n) is 4.87. The second-order valence-corrected chi connectivity index (χ2v) is 8.65. The zero-order valence-corrected chi connectivity index (χ0v) is 18.1. The number of anilines is 1. The van der Waals surface area contributed by atoms with Crippen LogP contribution in [0, 0.1) is 0 Å². The molecule has 1 aromatic heterocycles. The summed E-state index contributed by atoms with van der Waals surface area (Å²) in [6.45, 7) is 0.264. The van der Waals surface area contributed by atoms with E-state index in [-0.39, 0.29) is 37.1 Å². The minimum atomic E-state index is -0.237. The number of hydrogen-bond donors (Lipinski definition) is 1. The minimum absolute atomic E-state index is 0.139. The minimum Gasteiger partial charge on any atom is -0.323 e. The van der Waals surface area contributed by atoms with Crippen molar-refractivity contribution in [2.45, 2.75) is 19.4 Å². The number of nitrogens with zero attached hydrogens (tertiary/aromatic N) is 1. The number of thiophene rings is 1. The molecule has 0 saturated carbocycles. The average Bonchev–Trinajstić information content (AvgIpc) is 3.36. The van der Waals surface area contributed by atoms with Crippen LogP contribution in [0.4, 0.5) is 5.69 Å². The van der Waals surface area contributed by atoms with Crippen molar-refractivity contribution in [3.8, 4) is 10.4 Å². The van der Waals surface area contributed by atoms with Gasteiger partial charge in [0.1, 0.15) is 0 Å². The Morgan fingerprint density at radius 3 is 2.32 bits per heavy atom. The Morgan fingerprint density at radius 1 is 0.968 bits per heavy atom. The molecule has 31 heavy (non-hydrogen) atoms. The molecule has 0 aliphatic carbocycles. The first kappa shape index (κ1) is 21.0. The summed E-state index contributed by atoms with van der Waals surface area (Å²) >= 11 is 7.52. The quantitative estimate of drug-likeness (QED) is 0.405. The van der Waals surface area contributed by atoms with Gasteiger partial charge in [0.25, 0.3) is 0 Å². The number of rotatable bonds is 6. The number of likely N-dealkylation sites (tertiary alicyclic amines) is 1. The van der Waals surface area contributed by atoms with Crippen LogP contribution in [0.15, 0.2) is 66.7 Å². The summed E-state index contributed by atoms with van der Waals surface area (Å²) < 4.78 is 0. The van der Waals surface area contributed by atoms with Gasteiger partial charge in [0.2, 0.25) is 17.7 Å². The van der Waals surface area contributed by atoms with Gasteiger partial charge in [-0.1, -0.05) is 35.9 Å². The van der Waals surface area contributed by atoms with E-state index in [0.29, 0.717) is 10.7 Å². The summed E-state index contributed by atoms with van der Waals surface area (Å²) in [7, 11) is 0. The highest BCUT2D eigenvalue weighted by Crippen LogP contribution is 2.29. The lowest BCUT2D eigenvalue weighted by atomic mass is 10.2. The van der Waals surface area contributed by atoms with E-state index < -0.39 is 0 Å². The largest absolute Gasteiger partial charge is 0.323 e. The van der Waals surface area contributed by atoms with Crippen LogP contribution in [0.2, 0.25) is 5.02 Å². The van der Waals surface area contributed by atoms with E-state index in [0.717, 1.165) is 20.9 Å². The molecule has 3 aromatic rings. The van der Waals surface area contributed by atoms with Gasteiger partial charge >= 0.3 is 0 Å². The normalized spacial score (nSPS) is 13.9. The lowest BCUT2D eigenvalue weighted by molar-refractivity contribution is -0.139. The first-order valence-electron chi connectivity index (χ1n) is 9.75. The molecule has 4 rings (SSSR count). The van der Waals surface area contributed by atoms with E-state index in [1.54, 1.807) is 41.7 Å². The molecule has 0 radical (unpaired) electrons. The molecule has 3 amide bonds. The van der Waals surface area contributed by atoms with Gasteiger partial charge in [-0.25, -0.2) is 0 Å². The topological polar surface area (TPSA) is 66.5 Å². The maximum absolute atomic E-state index is 12.2. The van der Waals surface area contributed by atoms with Gasteiger partial charge in [-0.2, -0.15) is 0 Å². The van der Waals surface area contributed by atoms with Crippen molar-refractivity contribution >= 4 is 52.4 Å². The van der Waals surface area contributed by atoms with Crippen molar-refractivity contribution in [2.75, 3.05) is 5.32 Å². The SMILES string of the molecule is O=C(/C=C/c1ccc(-c2ccc(Cl)cc2)s1)Nc1ccc(CN2C(=O)CCC2=O)cc1. The zero-order chi connectivity index (χ0) is 21.8. The van der Waals surface area contributed by atoms with Crippen molar-refractivity contribution < 1.29 is 14.4 Å². The Labute approximate surface area is 189 Å². The molecular weight excluding hydrogens is 432 g/mol. The molecule has 1 N–H and O–H groups in total. The second-order valence-electron chi connectivity index (χ2n) is 7.10. The monoisotopic (exact) mass is 450 g/mol. The molecule has 1 fully saturated rings. The maximum atomic E-state index is 12.2. The van der Waals surface area contributed by atoms with E-state index in [1.807, 2.05) is 36.4 Å². The van der Waals surface area contributed by atoms with Crippen LogP contribution in [0.5, 0.6) is 0 Å². The third-order valence-corrected chi connectivity index (χ3v) is 6.22. The number of hydrogen-bond acceptors (Lipinski definition) is 4. The van der Waals surface area contributed by atoms with Gasteiger partial charge in [0, 0.05) is 39.4 Å². The first-order chi connectivity index (χ1) is 15.0. The predicted molar refractivity (Wildman–Crippen MR) is 124 cm³/mol. The van der Waals surface area contributed by atoms with Crippen molar-refractivity contribution in [3.05, 3.63) is 82.2 Å². The number of imide groups is 1. The van der Waals surface area contributed by atoms with Crippen LogP contribution in [0.25, 0.3) is 16.5 Å². The Morgan fingerprint density at radius 2 is 1.65 bits per heavy atom. The lowest BCUT2D eigenvalue weighted by Crippen LogP contribution is -2.28. The molecule has 0 bridgehead atoms. The van der Waals surface area contributed by atoms with E-state index >= 15 is 0 Å². The molecule has 7 heteroatoms. The first-order valence-corrected chi connectivity index (χ1v) is 10.9. The van der Waals surface area contributed by atoms with Gasteiger partial charge < -0.3 is 5.32 Å². The van der Waals surface area contributed by atoms with E-state index in [2.05, 4.69) is 5.32 Å². The number of nitrogens with one attached hydrogen (secondary N) is 1. The summed E-state index contributed by atoms with van der Waals surface area (Å²) in [6.07, 6.45) is 3.83. The van der Waals surface area contributed by atoms with Crippen LogP contribution >= 0.6 is 22.9 Å². The van der Waals surface area contributed by atoms with E-state index in [9.17, 15) is 14.4 Å². The Hall–Kier alpha value is -3.22. The molecule has 1 aliphatic rings. The van der Waals surface area contributed by atoms with Crippen LogP contribution in [-0.2, 0) is 20.9 Å². The Kier molecular flexibility index (Phi) is 6.30. The fourth-order valence-electron chi connectivity index (χ4n) is 3.23. The van der Waals surface area contributed by atoms with Crippen LogP contribution < -0.4 is 5.32 Å². The van der Waals surface area contributed by atoms with Crippen molar-refractivity contribution in [3.63, 3.8) is 0 Å². The second kappa shape index (κ2) is 9.29. The Bertz CT molecular complexity index is 1130. The molecule has 0 spiro atoms. The predicted octanol–water partition coefficient (Wildman–Crippen LogP) is 5.37. The standard InChI is InChI=1S/C24H19ClN2O3S/c25-18-5-3-17(4-6-18)21-11-9-20(31-21)10-12-22(28)26-19-7-1-16(2-8-19)15-27-23(29)13-14-24(27)30/h1-12H,13-15H2,(H,26,28)/b12-10+. The molecule has 1 saturated heterocycles. The highest BCUT2D eigenvalue weighted by Gasteiger charge is 2.28. The van der Waals surface area contributed by atoms with Gasteiger partial charge in [0.15, 0.2) is 0 Å². The molecule has 0 atom stereocenters. The average molecular weight is 451 g/mol. The molecular formula is C24H19ClN2O3S. The van der Waals surface area contributed by atoms with Crippen molar-refractivity contribution in [2.24, 2.45) is 0 Å². The summed E-state index contributed by atoms with van der Waals surface area (Å²) in [5, 5.41) is 3.51. The lowest BCUT2D eigenvalue weighted by Gasteiger charge is -2.14. The Balaban J connectivity index is 1.33. The van der Waals surface area contributed by atoms with Gasteiger partial charge in [0.05, 0.1) is 6.54 Å². The van der Waals surface area contributed by atoms with Gasteiger partial charge in [-0.3, -0.25) is 19.3 Å². The van der Waals surface area contributed by atoms with Crippen LogP contribution in [0.1, 0.15) is 23.3 Å². The fourth-order valence-corrected chi connectivity index (χ4v) is 4.27. The van der Waals surface area contributed by atoms with Crippen molar-refractivity contribution in [1.82, 2.24) is 4.90 Å². The maximum Gasteiger partial charge on any atom is 0.248 e. The van der Waals surface area contributed by atoms with Crippen LogP contribution in [0.3, 0.4) is 0 Å².